The Morgan fingerprint density at radius 1 is 1.08 bits per heavy atom. The third-order valence-electron chi connectivity index (χ3n) is 5.33. The zero-order valence-electron chi connectivity index (χ0n) is 15.5. The van der Waals surface area contributed by atoms with Crippen LogP contribution in [0.4, 0.5) is 0 Å². The summed E-state index contributed by atoms with van der Waals surface area (Å²) in [5.41, 5.74) is 0. The van der Waals surface area contributed by atoms with E-state index < -0.39 is 18.2 Å². The van der Waals surface area contributed by atoms with E-state index in [1.165, 1.54) is 0 Å². The normalized spacial score (nSPS) is 27.8. The zero-order chi connectivity index (χ0) is 18.7. The van der Waals surface area contributed by atoms with E-state index >= 15 is 0 Å². The number of allylic oxidation sites excluding steroid dienone is 2. The smallest absolute Gasteiger partial charge is 0.303 e. The first kappa shape index (κ1) is 22.1. The molecule has 5 nitrogen and oxygen atoms in total. The molecule has 0 radical (unpaired) electrons. The van der Waals surface area contributed by atoms with Crippen LogP contribution in [-0.2, 0) is 4.79 Å². The van der Waals surface area contributed by atoms with E-state index in [2.05, 4.69) is 6.92 Å². The van der Waals surface area contributed by atoms with Crippen molar-refractivity contribution in [2.24, 2.45) is 11.8 Å². The van der Waals surface area contributed by atoms with Crippen LogP contribution in [-0.4, -0.2) is 44.7 Å². The lowest BCUT2D eigenvalue weighted by Crippen LogP contribution is -2.23. The van der Waals surface area contributed by atoms with Crippen LogP contribution in [0.2, 0.25) is 0 Å². The molecule has 0 aromatic rings. The Bertz CT molecular complexity index is 396. The maximum absolute atomic E-state index is 10.5. The number of rotatable bonds is 13. The molecule has 3 unspecified atom stereocenters. The van der Waals surface area contributed by atoms with Crippen LogP contribution < -0.4 is 0 Å². The molecule has 0 heterocycles. The minimum Gasteiger partial charge on any atom is -0.481 e. The van der Waals surface area contributed by atoms with Crippen LogP contribution >= 0.6 is 0 Å². The first-order valence-electron chi connectivity index (χ1n) is 9.86. The molecule has 1 aliphatic carbocycles. The molecule has 25 heavy (non-hydrogen) atoms. The molecule has 1 fully saturated rings. The van der Waals surface area contributed by atoms with Crippen molar-refractivity contribution < 1.29 is 25.2 Å². The van der Waals surface area contributed by atoms with Crippen molar-refractivity contribution >= 4 is 5.97 Å². The Labute approximate surface area is 151 Å². The molecule has 1 aliphatic rings. The fourth-order valence-corrected chi connectivity index (χ4v) is 3.81. The van der Waals surface area contributed by atoms with Gasteiger partial charge in [0.1, 0.15) is 0 Å². The van der Waals surface area contributed by atoms with Crippen molar-refractivity contribution in [1.29, 1.82) is 0 Å². The molecule has 1 saturated carbocycles. The number of unbranched alkanes of at least 4 members (excludes halogenated alkanes) is 3. The largest absolute Gasteiger partial charge is 0.481 e. The van der Waals surface area contributed by atoms with E-state index in [4.69, 9.17) is 5.11 Å². The van der Waals surface area contributed by atoms with Gasteiger partial charge in [0.05, 0.1) is 18.3 Å². The highest BCUT2D eigenvalue weighted by Gasteiger charge is 2.40. The van der Waals surface area contributed by atoms with E-state index in [9.17, 15) is 20.1 Å². The van der Waals surface area contributed by atoms with Crippen LogP contribution in [0.3, 0.4) is 0 Å². The second-order valence-corrected chi connectivity index (χ2v) is 7.42. The quantitative estimate of drug-likeness (QED) is 0.300. The van der Waals surface area contributed by atoms with Gasteiger partial charge in [-0.3, -0.25) is 4.79 Å². The van der Waals surface area contributed by atoms with Crippen molar-refractivity contribution in [3.05, 3.63) is 12.2 Å². The van der Waals surface area contributed by atoms with Crippen molar-refractivity contribution in [2.45, 2.75) is 95.9 Å². The fourth-order valence-electron chi connectivity index (χ4n) is 3.81. The average molecular weight is 357 g/mol. The monoisotopic (exact) mass is 356 g/mol. The number of hydrogen-bond donors (Lipinski definition) is 4. The van der Waals surface area contributed by atoms with Gasteiger partial charge in [0.25, 0.3) is 0 Å². The molecule has 4 N–H and O–H groups in total. The zero-order valence-corrected chi connectivity index (χ0v) is 15.5. The number of carbonyl (C=O) groups is 1. The van der Waals surface area contributed by atoms with Gasteiger partial charge in [-0.1, -0.05) is 38.3 Å². The summed E-state index contributed by atoms with van der Waals surface area (Å²) < 4.78 is 0. The molecule has 0 aromatic heterocycles. The van der Waals surface area contributed by atoms with Crippen LogP contribution in [0, 0.1) is 11.8 Å². The van der Waals surface area contributed by atoms with Crippen LogP contribution in [0.15, 0.2) is 12.2 Å². The summed E-state index contributed by atoms with van der Waals surface area (Å²) in [4.78, 5) is 10.5. The lowest BCUT2D eigenvalue weighted by Gasteiger charge is -2.23. The Kier molecular flexibility index (Phi) is 11.0. The Morgan fingerprint density at radius 2 is 1.80 bits per heavy atom. The third kappa shape index (κ3) is 8.84. The van der Waals surface area contributed by atoms with Crippen LogP contribution in [0.1, 0.15) is 77.6 Å². The lowest BCUT2D eigenvalue weighted by molar-refractivity contribution is -0.137. The molecule has 146 valence electrons. The third-order valence-corrected chi connectivity index (χ3v) is 5.33. The van der Waals surface area contributed by atoms with E-state index in [-0.39, 0.29) is 24.4 Å². The van der Waals surface area contributed by atoms with Crippen molar-refractivity contribution in [3.63, 3.8) is 0 Å². The van der Waals surface area contributed by atoms with Gasteiger partial charge in [-0.25, -0.2) is 0 Å². The predicted octanol–water partition coefficient (Wildman–Crippen LogP) is 3.27. The Morgan fingerprint density at radius 3 is 2.48 bits per heavy atom. The Balaban J connectivity index is 2.36. The predicted molar refractivity (Wildman–Crippen MR) is 98.2 cm³/mol. The Hall–Kier alpha value is -0.910. The summed E-state index contributed by atoms with van der Waals surface area (Å²) in [6.07, 6.45) is 10.8. The summed E-state index contributed by atoms with van der Waals surface area (Å²) in [5.74, 6) is -0.728. The minimum atomic E-state index is -0.778. The maximum atomic E-state index is 10.5. The molecule has 5 atom stereocenters. The van der Waals surface area contributed by atoms with Crippen molar-refractivity contribution in [3.8, 4) is 0 Å². The lowest BCUT2D eigenvalue weighted by atomic mass is 9.85. The highest BCUT2D eigenvalue weighted by atomic mass is 16.4. The molecule has 0 saturated heterocycles. The molecule has 5 heteroatoms. The summed E-state index contributed by atoms with van der Waals surface area (Å²) in [6, 6.07) is 0. The second-order valence-electron chi connectivity index (χ2n) is 7.42. The van der Waals surface area contributed by atoms with Gasteiger partial charge in [0, 0.05) is 6.42 Å². The summed E-state index contributed by atoms with van der Waals surface area (Å²) in [5, 5.41) is 39.1. The molecule has 1 rings (SSSR count). The molecule has 0 aromatic carbocycles. The average Bonchev–Trinajstić information content (AvgIpc) is 2.82. The van der Waals surface area contributed by atoms with Crippen LogP contribution in [0.25, 0.3) is 0 Å². The second kappa shape index (κ2) is 12.4. The number of carboxylic acid groups (broad SMARTS) is 1. The molecule has 0 aliphatic heterocycles. The maximum Gasteiger partial charge on any atom is 0.303 e. The fraction of sp³-hybridized carbons (Fsp3) is 0.850. The minimum absolute atomic E-state index is 0.0218. The van der Waals surface area contributed by atoms with E-state index in [1.54, 1.807) is 0 Å². The number of hydrogen-bond acceptors (Lipinski definition) is 4. The number of aliphatic hydroxyl groups excluding tert-OH is 3. The number of aliphatic carboxylic acids is 1. The van der Waals surface area contributed by atoms with Crippen molar-refractivity contribution in [1.82, 2.24) is 0 Å². The highest BCUT2D eigenvalue weighted by Crippen LogP contribution is 2.38. The van der Waals surface area contributed by atoms with Gasteiger partial charge in [-0.15, -0.1) is 0 Å². The summed E-state index contributed by atoms with van der Waals surface area (Å²) >= 11 is 0. The van der Waals surface area contributed by atoms with Gasteiger partial charge < -0.3 is 20.4 Å². The molecular weight excluding hydrogens is 320 g/mol. The highest BCUT2D eigenvalue weighted by molar-refractivity contribution is 5.66. The summed E-state index contributed by atoms with van der Waals surface area (Å²) in [6.45, 7) is 2.14. The first-order valence-corrected chi connectivity index (χ1v) is 9.86. The van der Waals surface area contributed by atoms with Crippen molar-refractivity contribution in [2.75, 3.05) is 0 Å². The summed E-state index contributed by atoms with van der Waals surface area (Å²) in [7, 11) is 0. The molecular formula is C20H36O5. The molecule has 0 spiro atoms. The van der Waals surface area contributed by atoms with Gasteiger partial charge in [-0.2, -0.15) is 0 Å². The van der Waals surface area contributed by atoms with Gasteiger partial charge >= 0.3 is 5.97 Å². The van der Waals surface area contributed by atoms with E-state index in [0.29, 0.717) is 25.7 Å². The van der Waals surface area contributed by atoms with Gasteiger partial charge in [-0.05, 0) is 56.8 Å². The van der Waals surface area contributed by atoms with E-state index in [0.717, 1.165) is 38.5 Å². The number of carboxylic acids is 1. The number of aliphatic hydroxyl groups is 3. The van der Waals surface area contributed by atoms with E-state index in [1.807, 2.05) is 12.2 Å². The molecule has 0 bridgehead atoms. The SMILES string of the molecule is CCCCCC(O)CC[C@H]1C(O)CC(O)[C@@H]1CC=CCCCC(=O)O. The standard InChI is InChI=1S/C20H36O5/c1-2-3-6-9-15(21)12-13-17-16(18(22)14-19(17)23)10-7-4-5-8-11-20(24)25/h4,7,15-19,21-23H,2-3,5-6,8-14H2,1H3,(H,24,25)/t15?,16-,17-,18?,19?/m1/s1. The van der Waals surface area contributed by atoms with Gasteiger partial charge in [0.2, 0.25) is 0 Å². The topological polar surface area (TPSA) is 98.0 Å². The van der Waals surface area contributed by atoms with Crippen LogP contribution in [0.5, 0.6) is 0 Å². The first-order chi connectivity index (χ1) is 12.0. The van der Waals surface area contributed by atoms with Gasteiger partial charge in [0.15, 0.2) is 0 Å². The molecule has 0 amide bonds.